The first-order valence-corrected chi connectivity index (χ1v) is 4.96. The van der Waals surface area contributed by atoms with Crippen LogP contribution in [0.4, 0.5) is 5.69 Å². The zero-order valence-corrected chi connectivity index (χ0v) is 8.50. The molecule has 2 heterocycles. The summed E-state index contributed by atoms with van der Waals surface area (Å²) in [7, 11) is 0. The summed E-state index contributed by atoms with van der Waals surface area (Å²) in [6, 6.07) is 1.98. The maximum absolute atomic E-state index is 11.6. The summed E-state index contributed by atoms with van der Waals surface area (Å²) in [6.45, 7) is 4.98. The van der Waals surface area contributed by atoms with Crippen molar-refractivity contribution >= 4 is 11.5 Å². The van der Waals surface area contributed by atoms with Crippen LogP contribution in [-0.4, -0.2) is 17.3 Å². The molecule has 0 aliphatic carbocycles. The van der Waals surface area contributed by atoms with Gasteiger partial charge in [0.1, 0.15) is 5.69 Å². The average Bonchev–Trinajstić information content (AvgIpc) is 2.17. The summed E-state index contributed by atoms with van der Waals surface area (Å²) < 4.78 is 0. The number of pyridine rings is 1. The smallest absolute Gasteiger partial charge is 0.185 e. The number of hydrogen-bond acceptors (Lipinski definition) is 3. The molecule has 0 atom stereocenters. The van der Waals surface area contributed by atoms with Crippen LogP contribution in [0.15, 0.2) is 12.3 Å². The molecule has 1 aromatic heterocycles. The Labute approximate surface area is 83.5 Å². The summed E-state index contributed by atoms with van der Waals surface area (Å²) in [5.74, 6) is 0.575. The lowest BCUT2D eigenvalue weighted by Crippen LogP contribution is -2.21. The van der Waals surface area contributed by atoms with Gasteiger partial charge in [0, 0.05) is 19.2 Å². The second-order valence-corrected chi connectivity index (χ2v) is 3.88. The van der Waals surface area contributed by atoms with E-state index in [0.717, 1.165) is 12.2 Å². The molecule has 3 heteroatoms. The van der Waals surface area contributed by atoms with Crippen molar-refractivity contribution in [1.29, 1.82) is 0 Å². The van der Waals surface area contributed by atoms with E-state index in [4.69, 9.17) is 0 Å². The highest BCUT2D eigenvalue weighted by Gasteiger charge is 2.21. The van der Waals surface area contributed by atoms with Crippen LogP contribution in [0.1, 0.15) is 42.2 Å². The van der Waals surface area contributed by atoms with Crippen LogP contribution >= 0.6 is 0 Å². The first kappa shape index (κ1) is 9.19. The standard InChI is InChI=1S/C11H14N2O/c1-7(2)8-3-5-13-11-9(14)4-6-12-10(8)11/h3,5,7,12H,4,6H2,1-2H3. The third-order valence-electron chi connectivity index (χ3n) is 2.52. The normalized spacial score (nSPS) is 15.2. The molecule has 0 bridgehead atoms. The number of ketones is 1. The minimum absolute atomic E-state index is 0.154. The highest BCUT2D eigenvalue weighted by atomic mass is 16.1. The summed E-state index contributed by atoms with van der Waals surface area (Å²) in [6.07, 6.45) is 2.28. The van der Waals surface area contributed by atoms with Crippen molar-refractivity contribution in [3.05, 3.63) is 23.5 Å². The summed E-state index contributed by atoms with van der Waals surface area (Å²) in [4.78, 5) is 15.7. The van der Waals surface area contributed by atoms with Crippen LogP contribution in [0.25, 0.3) is 0 Å². The van der Waals surface area contributed by atoms with E-state index in [1.165, 1.54) is 5.56 Å². The summed E-state index contributed by atoms with van der Waals surface area (Å²) >= 11 is 0. The Kier molecular flexibility index (Phi) is 2.23. The number of carbonyl (C=O) groups is 1. The van der Waals surface area contributed by atoms with Gasteiger partial charge in [0.25, 0.3) is 0 Å². The number of fused-ring (bicyclic) bond motifs is 1. The van der Waals surface area contributed by atoms with E-state index in [9.17, 15) is 4.79 Å². The molecule has 14 heavy (non-hydrogen) atoms. The quantitative estimate of drug-likeness (QED) is 0.738. The number of nitrogens with one attached hydrogen (secondary N) is 1. The molecule has 0 unspecified atom stereocenters. The van der Waals surface area contributed by atoms with E-state index in [2.05, 4.69) is 24.1 Å². The van der Waals surface area contributed by atoms with E-state index < -0.39 is 0 Å². The van der Waals surface area contributed by atoms with Crippen molar-refractivity contribution in [3.63, 3.8) is 0 Å². The molecule has 1 aliphatic rings. The van der Waals surface area contributed by atoms with Crippen LogP contribution in [-0.2, 0) is 0 Å². The number of hydrogen-bond donors (Lipinski definition) is 1. The lowest BCUT2D eigenvalue weighted by Gasteiger charge is -2.20. The van der Waals surface area contributed by atoms with Gasteiger partial charge in [-0.05, 0) is 17.5 Å². The molecule has 1 aliphatic heterocycles. The van der Waals surface area contributed by atoms with Crippen molar-refractivity contribution in [3.8, 4) is 0 Å². The second-order valence-electron chi connectivity index (χ2n) is 3.88. The number of Topliss-reactive ketones (excluding diaryl/α,β-unsaturated/α-hetero) is 1. The van der Waals surface area contributed by atoms with E-state index in [1.807, 2.05) is 6.07 Å². The van der Waals surface area contributed by atoms with Crippen LogP contribution in [0.5, 0.6) is 0 Å². The molecule has 0 aromatic carbocycles. The van der Waals surface area contributed by atoms with Gasteiger partial charge in [0.05, 0.1) is 5.69 Å². The average molecular weight is 190 g/mol. The predicted octanol–water partition coefficient (Wildman–Crippen LogP) is 2.20. The van der Waals surface area contributed by atoms with E-state index in [-0.39, 0.29) is 5.78 Å². The van der Waals surface area contributed by atoms with Crippen molar-refractivity contribution in [1.82, 2.24) is 4.98 Å². The predicted molar refractivity (Wildman–Crippen MR) is 55.8 cm³/mol. The maximum atomic E-state index is 11.6. The van der Waals surface area contributed by atoms with E-state index in [0.29, 0.717) is 18.0 Å². The Morgan fingerprint density at radius 2 is 2.29 bits per heavy atom. The van der Waals surface area contributed by atoms with Gasteiger partial charge in [0.15, 0.2) is 5.78 Å². The van der Waals surface area contributed by atoms with Crippen LogP contribution in [0, 0.1) is 0 Å². The van der Waals surface area contributed by atoms with Gasteiger partial charge in [0.2, 0.25) is 0 Å². The Morgan fingerprint density at radius 3 is 3.00 bits per heavy atom. The molecule has 0 radical (unpaired) electrons. The molecular formula is C11H14N2O. The fraction of sp³-hybridized carbons (Fsp3) is 0.455. The van der Waals surface area contributed by atoms with Gasteiger partial charge in [-0.1, -0.05) is 13.8 Å². The Balaban J connectivity index is 2.55. The number of rotatable bonds is 1. The van der Waals surface area contributed by atoms with Gasteiger partial charge in [-0.15, -0.1) is 0 Å². The van der Waals surface area contributed by atoms with Crippen molar-refractivity contribution in [2.75, 3.05) is 11.9 Å². The van der Waals surface area contributed by atoms with Gasteiger partial charge >= 0.3 is 0 Å². The molecule has 1 N–H and O–H groups in total. The fourth-order valence-corrected chi connectivity index (χ4v) is 1.77. The molecule has 0 fully saturated rings. The molecule has 1 aromatic rings. The molecule has 0 saturated heterocycles. The van der Waals surface area contributed by atoms with Gasteiger partial charge < -0.3 is 5.32 Å². The van der Waals surface area contributed by atoms with Crippen LogP contribution in [0.3, 0.4) is 0 Å². The minimum atomic E-state index is 0.154. The van der Waals surface area contributed by atoms with Crippen molar-refractivity contribution in [2.45, 2.75) is 26.2 Å². The summed E-state index contributed by atoms with van der Waals surface area (Å²) in [5.41, 5.74) is 2.74. The van der Waals surface area contributed by atoms with Gasteiger partial charge in [-0.25, -0.2) is 0 Å². The SMILES string of the molecule is CC(C)c1ccnc2c1NCCC2=O. The molecule has 0 spiro atoms. The highest BCUT2D eigenvalue weighted by Crippen LogP contribution is 2.29. The zero-order valence-electron chi connectivity index (χ0n) is 8.50. The number of aromatic nitrogens is 1. The maximum Gasteiger partial charge on any atom is 0.185 e. The zero-order chi connectivity index (χ0) is 10.1. The minimum Gasteiger partial charge on any atom is -0.383 e. The lowest BCUT2D eigenvalue weighted by atomic mass is 9.97. The van der Waals surface area contributed by atoms with Crippen LogP contribution < -0.4 is 5.32 Å². The first-order valence-electron chi connectivity index (χ1n) is 4.96. The Hall–Kier alpha value is -1.38. The molecular weight excluding hydrogens is 176 g/mol. The first-order chi connectivity index (χ1) is 6.70. The van der Waals surface area contributed by atoms with Gasteiger partial charge in [-0.3, -0.25) is 9.78 Å². The number of carbonyl (C=O) groups excluding carboxylic acids is 1. The molecule has 3 nitrogen and oxygen atoms in total. The molecule has 74 valence electrons. The highest BCUT2D eigenvalue weighted by molar-refractivity contribution is 6.01. The van der Waals surface area contributed by atoms with Crippen molar-refractivity contribution in [2.24, 2.45) is 0 Å². The lowest BCUT2D eigenvalue weighted by molar-refractivity contribution is 0.0978. The molecule has 0 saturated carbocycles. The number of nitrogens with zero attached hydrogens (tertiary/aromatic N) is 1. The topological polar surface area (TPSA) is 42.0 Å². The fourth-order valence-electron chi connectivity index (χ4n) is 1.77. The largest absolute Gasteiger partial charge is 0.383 e. The van der Waals surface area contributed by atoms with E-state index >= 15 is 0 Å². The summed E-state index contributed by atoms with van der Waals surface area (Å²) in [5, 5.41) is 3.26. The third-order valence-corrected chi connectivity index (χ3v) is 2.52. The molecule has 0 amide bonds. The van der Waals surface area contributed by atoms with Gasteiger partial charge in [-0.2, -0.15) is 0 Å². The third kappa shape index (κ3) is 1.39. The Bertz CT molecular complexity index is 372. The van der Waals surface area contributed by atoms with E-state index in [1.54, 1.807) is 6.20 Å². The van der Waals surface area contributed by atoms with Crippen molar-refractivity contribution < 1.29 is 4.79 Å². The molecule has 2 rings (SSSR count). The van der Waals surface area contributed by atoms with Crippen LogP contribution in [0.2, 0.25) is 0 Å². The number of anilines is 1. The monoisotopic (exact) mass is 190 g/mol. The second kappa shape index (κ2) is 3.40. The Morgan fingerprint density at radius 1 is 1.50 bits per heavy atom.